The Morgan fingerprint density at radius 3 is 3.08 bits per heavy atom. The Balaban J connectivity index is 1.91. The van der Waals surface area contributed by atoms with Gasteiger partial charge in [-0.2, -0.15) is 0 Å². The molecule has 5 heteroatoms. The van der Waals surface area contributed by atoms with E-state index < -0.39 is 0 Å². The number of nitrogens with one attached hydrogen (secondary N) is 2. The number of hydrogen-bond donors (Lipinski definition) is 3. The van der Waals surface area contributed by atoms with E-state index in [2.05, 4.69) is 10.6 Å². The fraction of sp³-hybridized carbons (Fsp3) is 0.875. The van der Waals surface area contributed by atoms with Crippen molar-refractivity contribution < 1.29 is 14.6 Å². The van der Waals surface area contributed by atoms with E-state index in [0.717, 1.165) is 6.54 Å². The molecule has 0 aromatic carbocycles. The number of aliphatic hydroxyl groups is 1. The van der Waals surface area contributed by atoms with Crippen LogP contribution in [0.5, 0.6) is 0 Å². The van der Waals surface area contributed by atoms with E-state index in [1.54, 1.807) is 0 Å². The summed E-state index contributed by atoms with van der Waals surface area (Å²) in [4.78, 5) is 10.8. The van der Waals surface area contributed by atoms with E-state index in [0.29, 0.717) is 26.2 Å². The van der Waals surface area contributed by atoms with Crippen LogP contribution in [-0.2, 0) is 9.53 Å². The zero-order chi connectivity index (χ0) is 9.52. The maximum absolute atomic E-state index is 10.8. The number of ether oxygens (including phenoxy) is 1. The summed E-state index contributed by atoms with van der Waals surface area (Å²) < 4.78 is 5.05. The van der Waals surface area contributed by atoms with Crippen molar-refractivity contribution >= 4 is 5.91 Å². The molecule has 13 heavy (non-hydrogen) atoms. The molecule has 5 nitrogen and oxygen atoms in total. The third kappa shape index (κ3) is 4.21. The van der Waals surface area contributed by atoms with Crippen molar-refractivity contribution in [2.75, 3.05) is 32.9 Å². The Morgan fingerprint density at radius 1 is 1.62 bits per heavy atom. The van der Waals surface area contributed by atoms with Crippen LogP contribution in [0.15, 0.2) is 0 Å². The van der Waals surface area contributed by atoms with Gasteiger partial charge < -0.3 is 20.5 Å². The van der Waals surface area contributed by atoms with Crippen molar-refractivity contribution in [3.05, 3.63) is 0 Å². The molecular formula is C8H16N2O3. The minimum absolute atomic E-state index is 0.0590. The summed E-state index contributed by atoms with van der Waals surface area (Å²) in [5.41, 5.74) is 0. The molecule has 0 aromatic rings. The van der Waals surface area contributed by atoms with Gasteiger partial charge in [-0.05, 0) is 0 Å². The molecule has 0 saturated carbocycles. The van der Waals surface area contributed by atoms with Crippen LogP contribution in [0.25, 0.3) is 0 Å². The van der Waals surface area contributed by atoms with Gasteiger partial charge in [0, 0.05) is 25.6 Å². The molecule has 0 radical (unpaired) electrons. The van der Waals surface area contributed by atoms with Crippen LogP contribution in [0.2, 0.25) is 0 Å². The van der Waals surface area contributed by atoms with Gasteiger partial charge in [0.1, 0.15) is 0 Å². The Bertz CT molecular complexity index is 163. The lowest BCUT2D eigenvalue weighted by Crippen LogP contribution is -2.33. The van der Waals surface area contributed by atoms with Gasteiger partial charge in [-0.25, -0.2) is 0 Å². The fourth-order valence-electron chi connectivity index (χ4n) is 1.25. The predicted molar refractivity (Wildman–Crippen MR) is 47.3 cm³/mol. The first-order valence-electron chi connectivity index (χ1n) is 4.51. The van der Waals surface area contributed by atoms with Crippen LogP contribution in [0.1, 0.15) is 6.42 Å². The van der Waals surface area contributed by atoms with E-state index in [9.17, 15) is 4.79 Å². The number of hydrogen-bond acceptors (Lipinski definition) is 4. The summed E-state index contributed by atoms with van der Waals surface area (Å²) in [5.74, 6) is 0.105. The lowest BCUT2D eigenvalue weighted by molar-refractivity contribution is -0.119. The topological polar surface area (TPSA) is 70.6 Å². The second-order valence-electron chi connectivity index (χ2n) is 3.00. The van der Waals surface area contributed by atoms with Crippen LogP contribution in [0.4, 0.5) is 0 Å². The first kappa shape index (κ1) is 10.4. The second-order valence-corrected chi connectivity index (χ2v) is 3.00. The molecule has 1 amide bonds. The summed E-state index contributed by atoms with van der Waals surface area (Å²) >= 11 is 0. The first-order chi connectivity index (χ1) is 6.33. The lowest BCUT2D eigenvalue weighted by Gasteiger charge is -2.09. The van der Waals surface area contributed by atoms with E-state index in [4.69, 9.17) is 9.84 Å². The molecule has 1 aliphatic rings. The number of aliphatic hydroxyl groups excluding tert-OH is 1. The number of carbonyl (C=O) groups excluding carboxylic acids is 1. The molecule has 1 unspecified atom stereocenters. The van der Waals surface area contributed by atoms with Crippen molar-refractivity contribution in [2.24, 2.45) is 0 Å². The van der Waals surface area contributed by atoms with Gasteiger partial charge in [0.25, 0.3) is 0 Å². The van der Waals surface area contributed by atoms with Crippen LogP contribution in [-0.4, -0.2) is 50.0 Å². The smallest absolute Gasteiger partial charge is 0.221 e. The number of amides is 1. The average Bonchev–Trinajstić information content (AvgIpc) is 2.51. The highest BCUT2D eigenvalue weighted by Crippen LogP contribution is 1.97. The monoisotopic (exact) mass is 188 g/mol. The Kier molecular flexibility index (Phi) is 4.74. The number of carbonyl (C=O) groups is 1. The summed E-state index contributed by atoms with van der Waals surface area (Å²) in [5, 5.41) is 14.3. The summed E-state index contributed by atoms with van der Waals surface area (Å²) in [6.45, 7) is 2.44. The molecule has 1 heterocycles. The van der Waals surface area contributed by atoms with E-state index in [1.165, 1.54) is 0 Å². The van der Waals surface area contributed by atoms with Gasteiger partial charge in [-0.3, -0.25) is 4.79 Å². The zero-order valence-corrected chi connectivity index (χ0v) is 7.58. The summed E-state index contributed by atoms with van der Waals surface area (Å²) in [7, 11) is 0. The predicted octanol–water partition coefficient (Wildman–Crippen LogP) is -1.53. The molecule has 3 N–H and O–H groups in total. The fourth-order valence-corrected chi connectivity index (χ4v) is 1.25. The molecule has 0 bridgehead atoms. The largest absolute Gasteiger partial charge is 0.394 e. The third-order valence-electron chi connectivity index (χ3n) is 1.89. The van der Waals surface area contributed by atoms with Crippen LogP contribution in [0, 0.1) is 0 Å². The van der Waals surface area contributed by atoms with Crippen LogP contribution < -0.4 is 10.6 Å². The van der Waals surface area contributed by atoms with Crippen molar-refractivity contribution in [1.29, 1.82) is 0 Å². The van der Waals surface area contributed by atoms with E-state index >= 15 is 0 Å². The van der Waals surface area contributed by atoms with Crippen LogP contribution in [0.3, 0.4) is 0 Å². The van der Waals surface area contributed by atoms with E-state index in [-0.39, 0.29) is 18.6 Å². The van der Waals surface area contributed by atoms with Crippen molar-refractivity contribution in [1.82, 2.24) is 10.6 Å². The highest BCUT2D eigenvalue weighted by molar-refractivity contribution is 5.78. The summed E-state index contributed by atoms with van der Waals surface area (Å²) in [6, 6.07) is 0.241. The van der Waals surface area contributed by atoms with Crippen molar-refractivity contribution in [3.8, 4) is 0 Å². The highest BCUT2D eigenvalue weighted by atomic mass is 16.5. The molecule has 1 atom stereocenters. The second kappa shape index (κ2) is 5.90. The first-order valence-corrected chi connectivity index (χ1v) is 4.51. The van der Waals surface area contributed by atoms with Gasteiger partial charge in [-0.15, -0.1) is 0 Å². The third-order valence-corrected chi connectivity index (χ3v) is 1.89. The molecule has 76 valence electrons. The summed E-state index contributed by atoms with van der Waals surface area (Å²) in [6.07, 6.45) is 0.556. The quantitative estimate of drug-likeness (QED) is 0.442. The normalized spacial score (nSPS) is 21.9. The van der Waals surface area contributed by atoms with Crippen molar-refractivity contribution in [2.45, 2.75) is 12.5 Å². The SMILES string of the molecule is O=C1CC(NCCOCCO)CN1. The standard InChI is InChI=1S/C8H16N2O3/c11-2-4-13-3-1-9-7-5-8(12)10-6-7/h7,9,11H,1-6H2,(H,10,12). The van der Waals surface area contributed by atoms with Gasteiger partial charge in [0.05, 0.1) is 19.8 Å². The average molecular weight is 188 g/mol. The molecular weight excluding hydrogens is 172 g/mol. The molecule has 0 aromatic heterocycles. The Morgan fingerprint density at radius 2 is 2.46 bits per heavy atom. The maximum Gasteiger partial charge on any atom is 0.221 e. The highest BCUT2D eigenvalue weighted by Gasteiger charge is 2.19. The molecule has 1 rings (SSSR count). The Labute approximate surface area is 77.5 Å². The van der Waals surface area contributed by atoms with Crippen molar-refractivity contribution in [3.63, 3.8) is 0 Å². The zero-order valence-electron chi connectivity index (χ0n) is 7.58. The Hall–Kier alpha value is -0.650. The number of rotatable bonds is 6. The molecule has 0 aliphatic carbocycles. The molecule has 1 saturated heterocycles. The lowest BCUT2D eigenvalue weighted by atomic mass is 10.2. The van der Waals surface area contributed by atoms with Gasteiger partial charge in [0.15, 0.2) is 0 Å². The minimum atomic E-state index is 0.0590. The molecule has 0 spiro atoms. The van der Waals surface area contributed by atoms with Gasteiger partial charge >= 0.3 is 0 Å². The van der Waals surface area contributed by atoms with Gasteiger partial charge in [0.2, 0.25) is 5.91 Å². The minimum Gasteiger partial charge on any atom is -0.394 e. The van der Waals surface area contributed by atoms with Crippen LogP contribution >= 0.6 is 0 Å². The maximum atomic E-state index is 10.8. The van der Waals surface area contributed by atoms with E-state index in [1.807, 2.05) is 0 Å². The molecule has 1 fully saturated rings. The van der Waals surface area contributed by atoms with Gasteiger partial charge in [-0.1, -0.05) is 0 Å². The molecule has 1 aliphatic heterocycles.